The summed E-state index contributed by atoms with van der Waals surface area (Å²) in [5.74, 6) is 0.961. The van der Waals surface area contributed by atoms with Crippen molar-refractivity contribution >= 4 is 164 Å². The number of hydrogen-bond acceptors (Lipinski definition) is 26. The van der Waals surface area contributed by atoms with Crippen molar-refractivity contribution in [2.75, 3.05) is 86.8 Å². The first-order valence-corrected chi connectivity index (χ1v) is 44.9. The number of alkyl carbamates (subject to hydrolysis) is 1. The minimum Gasteiger partial charge on any atom is -0.471 e. The zero-order valence-corrected chi connectivity index (χ0v) is 75.2. The Kier molecular flexibility index (Phi) is 25.3. The van der Waals surface area contributed by atoms with Crippen molar-refractivity contribution in [2.24, 2.45) is 5.73 Å². The van der Waals surface area contributed by atoms with Crippen molar-refractivity contribution in [3.05, 3.63) is 286 Å². The number of nitrogens with one attached hydrogen (secondary N) is 3. The van der Waals surface area contributed by atoms with Gasteiger partial charge in [-0.3, -0.25) is 4.79 Å². The summed E-state index contributed by atoms with van der Waals surface area (Å²) in [5, 5.41) is 22.7. The van der Waals surface area contributed by atoms with Gasteiger partial charge in [0.2, 0.25) is 35.1 Å². The Morgan fingerprint density at radius 3 is 1.29 bits per heavy atom. The highest BCUT2D eigenvalue weighted by molar-refractivity contribution is 7.20. The zero-order chi connectivity index (χ0) is 89.0. The van der Waals surface area contributed by atoms with Crippen molar-refractivity contribution in [1.29, 1.82) is 0 Å². The molecule has 1 amide bonds. The van der Waals surface area contributed by atoms with Crippen LogP contribution in [0, 0.1) is 13.1 Å². The van der Waals surface area contributed by atoms with E-state index >= 15 is 0 Å². The first kappa shape index (κ1) is 86.9. The Morgan fingerprint density at radius 2 is 0.890 bits per heavy atom. The van der Waals surface area contributed by atoms with Crippen LogP contribution in [-0.4, -0.2) is 133 Å². The quantitative estimate of drug-likeness (QED) is 0.0206. The van der Waals surface area contributed by atoms with Gasteiger partial charge in [0.15, 0.2) is 17.6 Å². The maximum absolute atomic E-state index is 12.5. The van der Waals surface area contributed by atoms with Crippen LogP contribution in [0.2, 0.25) is 0 Å². The maximum Gasteiger partial charge on any atom is 0.407 e. The Labute approximate surface area is 753 Å². The third-order valence-electron chi connectivity index (χ3n) is 22.8. The number of imidazole rings is 2. The number of aliphatic hydroxyl groups excluding tert-OH is 2. The van der Waals surface area contributed by atoms with E-state index in [9.17, 15) is 14.7 Å². The van der Waals surface area contributed by atoms with Gasteiger partial charge in [0, 0.05) is 105 Å². The van der Waals surface area contributed by atoms with E-state index in [1.54, 1.807) is 56.7 Å². The lowest BCUT2D eigenvalue weighted by Gasteiger charge is -2.24. The molecule has 0 bridgehead atoms. The number of thiophene rings is 3. The number of thiazole rings is 2. The molecule has 7 aromatic carbocycles. The van der Waals surface area contributed by atoms with Crippen molar-refractivity contribution in [2.45, 2.75) is 84.1 Å². The summed E-state index contributed by atoms with van der Waals surface area (Å²) in [6, 6.07) is 57.6. The molecule has 0 saturated carbocycles. The number of aliphatic hydroxyl groups is 2. The van der Waals surface area contributed by atoms with Gasteiger partial charge in [-0.25, -0.2) is 34.4 Å². The molecule has 3 aliphatic carbocycles. The minimum atomic E-state index is -0.477. The maximum atomic E-state index is 12.5. The number of H-pyrrole nitrogens is 2. The number of carbonyl (C=O) groups is 2. The fourth-order valence-corrected chi connectivity index (χ4v) is 21.3. The summed E-state index contributed by atoms with van der Waals surface area (Å²) < 4.78 is 19.2. The number of benzene rings is 7. The van der Waals surface area contributed by atoms with Crippen molar-refractivity contribution in [3.8, 4) is 43.1 Å². The molecule has 0 atom stereocenters. The summed E-state index contributed by atoms with van der Waals surface area (Å²) >= 11 is 8.13. The molecule has 31 heteroatoms. The minimum absolute atomic E-state index is 0.0848. The number of ether oxygens (including phenoxy) is 3. The number of nitrogen functional groups attached to an aromatic ring is 2. The molecule has 9 heterocycles. The van der Waals surface area contributed by atoms with Crippen LogP contribution in [0.1, 0.15) is 127 Å². The summed E-state index contributed by atoms with van der Waals surface area (Å²) in [5.41, 5.74) is 40.3. The summed E-state index contributed by atoms with van der Waals surface area (Å²) in [7, 11) is 5.99. The van der Waals surface area contributed by atoms with E-state index in [1.807, 2.05) is 136 Å². The summed E-state index contributed by atoms with van der Waals surface area (Å²) in [6.07, 6.45) is 7.44. The molecule has 0 fully saturated rings. The number of nitrogens with zero attached hydrogens (tertiary/aromatic N) is 13. The van der Waals surface area contributed by atoms with Crippen LogP contribution in [0.5, 0.6) is 11.8 Å². The third-order valence-corrected chi connectivity index (χ3v) is 28.3. The van der Waals surface area contributed by atoms with E-state index in [1.165, 1.54) is 77.4 Å². The number of nitrogens with two attached hydrogens (primary N) is 3. The summed E-state index contributed by atoms with van der Waals surface area (Å²) in [6.45, 7) is 32.8. The van der Waals surface area contributed by atoms with Gasteiger partial charge in [-0.2, -0.15) is 19.9 Å². The van der Waals surface area contributed by atoms with E-state index in [0.717, 1.165) is 90.7 Å². The molecule has 642 valence electrons. The fourth-order valence-electron chi connectivity index (χ4n) is 15.7. The van der Waals surface area contributed by atoms with Gasteiger partial charge < -0.3 is 71.6 Å². The van der Waals surface area contributed by atoms with Crippen molar-refractivity contribution in [1.82, 2.24) is 55.2 Å². The highest BCUT2D eigenvalue weighted by atomic mass is 32.1. The lowest BCUT2D eigenvalue weighted by Crippen LogP contribution is -2.29. The lowest BCUT2D eigenvalue weighted by atomic mass is 9.82. The van der Waals surface area contributed by atoms with Gasteiger partial charge in [0.25, 0.3) is 0 Å². The van der Waals surface area contributed by atoms with E-state index in [-0.39, 0.29) is 54.6 Å². The van der Waals surface area contributed by atoms with Gasteiger partial charge in [0.05, 0.1) is 70.9 Å². The van der Waals surface area contributed by atoms with Crippen LogP contribution in [0.3, 0.4) is 0 Å². The van der Waals surface area contributed by atoms with Crippen LogP contribution >= 0.6 is 56.7 Å². The van der Waals surface area contributed by atoms with Gasteiger partial charge in [-0.1, -0.05) is 133 Å². The smallest absolute Gasteiger partial charge is 0.407 e. The average molecular weight is 1780 g/mol. The van der Waals surface area contributed by atoms with Crippen LogP contribution < -0.4 is 46.7 Å². The topological polar surface area (TPSA) is 346 Å². The molecule has 0 saturated heterocycles. The number of rotatable bonds is 24. The van der Waals surface area contributed by atoms with Crippen molar-refractivity contribution in [3.63, 3.8) is 0 Å². The van der Waals surface area contributed by atoms with E-state index in [2.05, 4.69) is 183 Å². The van der Waals surface area contributed by atoms with Crippen LogP contribution in [0.4, 0.5) is 33.8 Å². The Bertz CT molecular complexity index is 6890. The normalized spacial score (nSPS) is 13.3. The third kappa shape index (κ3) is 18.2. The molecular formula is C96H91N19O7S5. The number of para-hydroxylation sites is 2. The number of aromatic amines is 2. The van der Waals surface area contributed by atoms with Crippen LogP contribution in [0.25, 0.3) is 107 Å². The second-order valence-corrected chi connectivity index (χ2v) is 37.5. The van der Waals surface area contributed by atoms with E-state index in [4.69, 9.17) is 54.6 Å². The zero-order valence-electron chi connectivity index (χ0n) is 71.1. The predicted octanol–water partition coefficient (Wildman–Crippen LogP) is 19.0. The summed E-state index contributed by atoms with van der Waals surface area (Å²) in [4.78, 5) is 83.8. The monoisotopic (exact) mass is 1780 g/mol. The van der Waals surface area contributed by atoms with Gasteiger partial charge in [0.1, 0.15) is 40.9 Å². The van der Waals surface area contributed by atoms with Gasteiger partial charge in [-0.05, 0) is 163 Å². The Morgan fingerprint density at radius 1 is 0.496 bits per heavy atom. The second-order valence-electron chi connectivity index (χ2n) is 32.2. The van der Waals surface area contributed by atoms with Crippen LogP contribution in [0.15, 0.2) is 183 Å². The molecule has 0 aliphatic heterocycles. The van der Waals surface area contributed by atoms with Crippen LogP contribution in [-0.2, 0) is 47.3 Å². The van der Waals surface area contributed by atoms with E-state index < -0.39 is 6.09 Å². The van der Waals surface area contributed by atoms with Gasteiger partial charge in [-0.15, -0.1) is 56.7 Å². The highest BCUT2D eigenvalue weighted by Crippen LogP contribution is 2.57. The first-order valence-electron chi connectivity index (χ1n) is 40.9. The SMILES string of the molecule is CN(CCO)c1ccc2c(c1)C(C)(C)c1cc(C=O)sc1-2.NCc1ccc(COc2nc(N)nc3nc[nH]c23)cc1.[C-]#[N+]/C(=C\c1cc2c(s1)-c1ccc(N(C)CCO)cc1C2(C)C)c1nc2ccccc2s1.[C-]#[N+]/C(=C\c1cc2c(s1)-c1ccc(N(C)CCOC(=O)NCc3ccc(COc4nc(N)nc5nc[nH]c45)cc3)cc1C2(C)C)c1nc2ccccc2s1. The molecular weight excluding hydrogens is 1690 g/mol. The number of hydrogen-bond donors (Lipinski definition) is 8. The lowest BCUT2D eigenvalue weighted by molar-refractivity contribution is 0.112. The average Bonchev–Trinajstić information content (AvgIpc) is 1.58. The number of amides is 1. The first-order chi connectivity index (χ1) is 61.3. The molecule has 11 N–H and O–H groups in total. The highest BCUT2D eigenvalue weighted by Gasteiger charge is 2.41. The number of aromatic nitrogens is 10. The largest absolute Gasteiger partial charge is 0.471 e. The molecule has 19 rings (SSSR count). The van der Waals surface area contributed by atoms with Crippen molar-refractivity contribution < 1.29 is 34.0 Å². The second kappa shape index (κ2) is 36.9. The molecule has 26 nitrogen and oxygen atoms in total. The molecule has 0 radical (unpaired) electrons. The number of aldehydes is 1. The predicted molar refractivity (Wildman–Crippen MR) is 513 cm³/mol. The molecule has 3 aliphatic rings. The van der Waals surface area contributed by atoms with Gasteiger partial charge >= 0.3 is 6.09 Å². The number of carbonyl (C=O) groups excluding carboxylic acids is 2. The van der Waals surface area contributed by atoms with E-state index in [0.29, 0.717) is 84.8 Å². The fraction of sp³-hybridized carbons (Fsp3) is 0.229. The number of fused-ring (bicyclic) bond motifs is 13. The number of anilines is 5. The Balaban J connectivity index is 0.000000137. The molecule has 0 unspecified atom stereocenters. The Hall–Kier alpha value is -13.6. The molecule has 0 spiro atoms. The molecule has 16 aromatic rings. The standard InChI is InChI=1S/C40H35N9O3S2.C26H23N3OS2.C17H19NO2S.C13H14N6O/c1-40(2)28-17-25(13-14-27(28)34-29(40)18-26(53-34)19-31(42-3)37-46-30-7-5-6-8-32(30)54-37)49(4)15-16-51-39(50)43-20-23-9-11-24(12-10-23)21-52-36-33-35(45-22-44-33)47-38(41)48-36;1-26(2)19-13-16(29(4)11-12-30)9-10-18(19)24-20(26)14-17(31-24)15-22(27-3)25-28-21-7-5-6-8-23(21)32-25;1-17(2)14-8-11(18(3)6-7-19)4-5-13(14)16-15(17)9-12(10-20)21-16;14-5-8-1-3-9(4-2-8)6-20-12-10-11(17-7-16-10)18-13(15)19-12/h5-14,17-19,22H,15-16,20-21H2,1-2,4H3,(H,43,50)(H3,41,44,45,47,48);5-10,13-15,30H,11-12H2,1-2,4H3;4-5,8-10,19H,6-7H2,1-3H3;1-4,7H,5-6,14H2,(H3,15,16,17,18,19)/b31-19-;22-15-;;. The number of likely N-dealkylation sites (N-methyl/N-ethyl adjacent to an activating group) is 3. The molecule has 9 aromatic heterocycles. The molecule has 127 heavy (non-hydrogen) atoms.